The molecule has 7 heteroatoms. The molecule has 1 atom stereocenters. The summed E-state index contributed by atoms with van der Waals surface area (Å²) in [7, 11) is 0. The number of hydrogen-bond acceptors (Lipinski definition) is 5. The van der Waals surface area contributed by atoms with Crippen LogP contribution in [0.2, 0.25) is 0 Å². The van der Waals surface area contributed by atoms with Gasteiger partial charge in [0.2, 0.25) is 11.9 Å². The monoisotopic (exact) mass is 438 g/mol. The lowest BCUT2D eigenvalue weighted by Gasteiger charge is -2.10. The van der Waals surface area contributed by atoms with Crippen molar-refractivity contribution in [2.24, 2.45) is 10.2 Å². The van der Waals surface area contributed by atoms with Gasteiger partial charge in [-0.2, -0.15) is 10.2 Å². The Hall–Kier alpha value is -3.35. The third-order valence-corrected chi connectivity index (χ3v) is 4.63. The maximum Gasteiger partial charge on any atom is 0.258 e. The van der Waals surface area contributed by atoms with E-state index in [0.717, 1.165) is 11.3 Å². The van der Waals surface area contributed by atoms with Gasteiger partial charge in [0.15, 0.2) is 5.78 Å². The lowest BCUT2D eigenvalue weighted by molar-refractivity contribution is -0.126. The fraction of sp³-hybridized carbons (Fsp3) is 0.400. The summed E-state index contributed by atoms with van der Waals surface area (Å²) < 4.78 is 0. The van der Waals surface area contributed by atoms with Gasteiger partial charge in [0.05, 0.1) is 12.1 Å². The van der Waals surface area contributed by atoms with Crippen LogP contribution in [0, 0.1) is 0 Å². The van der Waals surface area contributed by atoms with E-state index in [0.29, 0.717) is 11.4 Å². The Bertz CT molecular complexity index is 922. The molecule has 0 saturated heterocycles. The largest absolute Gasteiger partial charge is 0.326 e. The number of anilines is 2. The predicted octanol–water partition coefficient (Wildman–Crippen LogP) is 6.08. The Morgan fingerprint density at radius 2 is 1.72 bits per heavy atom. The summed E-state index contributed by atoms with van der Waals surface area (Å²) in [4.78, 5) is 35.5. The summed E-state index contributed by atoms with van der Waals surface area (Å²) in [5.41, 5.74) is 2.59. The maximum absolute atomic E-state index is 12.4. The van der Waals surface area contributed by atoms with Crippen LogP contribution in [-0.2, 0) is 20.8 Å². The van der Waals surface area contributed by atoms with Gasteiger partial charge in [0.25, 0.3) is 5.91 Å². The van der Waals surface area contributed by atoms with Crippen LogP contribution in [-0.4, -0.2) is 23.6 Å². The van der Waals surface area contributed by atoms with Crippen molar-refractivity contribution in [3.63, 3.8) is 0 Å². The van der Waals surface area contributed by atoms with E-state index in [4.69, 9.17) is 0 Å². The van der Waals surface area contributed by atoms with E-state index in [2.05, 4.69) is 34.7 Å². The molecule has 172 valence electrons. The number of unbranched alkanes of at least 4 members (excludes halogenated alkanes) is 3. The van der Waals surface area contributed by atoms with Gasteiger partial charge in [-0.05, 0) is 42.8 Å². The molecule has 2 aromatic rings. The SMILES string of the molecule is C.CC(=O)C(N=Nc1ccccc1)C(=O)Nc1ccc2c(c1)CC(=O)N2.CCCCCC. The van der Waals surface area contributed by atoms with E-state index in [-0.39, 0.29) is 19.8 Å². The number of carbonyl (C=O) groups excluding carboxylic acids is 3. The van der Waals surface area contributed by atoms with Crippen LogP contribution in [0.1, 0.15) is 59.4 Å². The molecule has 2 N–H and O–H groups in total. The number of azo groups is 1. The average molecular weight is 439 g/mol. The Labute approximate surface area is 190 Å². The van der Waals surface area contributed by atoms with Crippen LogP contribution < -0.4 is 10.6 Å². The molecule has 32 heavy (non-hydrogen) atoms. The van der Waals surface area contributed by atoms with Crippen LogP contribution in [0.5, 0.6) is 0 Å². The number of nitrogens with one attached hydrogen (secondary N) is 2. The number of carbonyl (C=O) groups is 3. The number of benzene rings is 2. The second-order valence-electron chi connectivity index (χ2n) is 7.36. The zero-order chi connectivity index (χ0) is 22.6. The first-order valence-corrected chi connectivity index (χ1v) is 10.6. The smallest absolute Gasteiger partial charge is 0.258 e. The summed E-state index contributed by atoms with van der Waals surface area (Å²) in [6.45, 7) is 5.75. The molecule has 0 bridgehead atoms. The lowest BCUT2D eigenvalue weighted by atomic mass is 10.1. The van der Waals surface area contributed by atoms with Crippen molar-refractivity contribution < 1.29 is 14.4 Å². The maximum atomic E-state index is 12.4. The molecule has 2 aromatic carbocycles. The first-order valence-electron chi connectivity index (χ1n) is 10.6. The number of nitrogens with zero attached hydrogens (tertiary/aromatic N) is 2. The Morgan fingerprint density at radius 1 is 1.06 bits per heavy atom. The fourth-order valence-electron chi connectivity index (χ4n) is 2.96. The van der Waals surface area contributed by atoms with Crippen LogP contribution in [0.15, 0.2) is 58.8 Å². The molecule has 1 aliphatic rings. The van der Waals surface area contributed by atoms with Gasteiger partial charge in [-0.3, -0.25) is 14.4 Å². The third kappa shape index (κ3) is 8.41. The van der Waals surface area contributed by atoms with Crippen molar-refractivity contribution in [1.82, 2.24) is 0 Å². The second kappa shape index (κ2) is 13.9. The van der Waals surface area contributed by atoms with E-state index in [1.54, 1.807) is 42.5 Å². The standard InChI is InChI=1S/C18H16N4O3.C6H14.CH4/c1-11(23)17(22-21-13-5-3-2-4-6-13)18(25)19-14-7-8-15-12(9-14)10-16(24)20-15;1-3-5-6-4-2;/h2-9,17H,10H2,1H3,(H,19,25)(H,20,24);3-6H2,1-2H3;1H4. The fourth-order valence-corrected chi connectivity index (χ4v) is 2.96. The Morgan fingerprint density at radius 3 is 2.31 bits per heavy atom. The predicted molar refractivity (Wildman–Crippen MR) is 129 cm³/mol. The third-order valence-electron chi connectivity index (χ3n) is 4.63. The molecule has 0 radical (unpaired) electrons. The van der Waals surface area contributed by atoms with Crippen molar-refractivity contribution >= 4 is 34.7 Å². The molecule has 0 saturated carbocycles. The molecular weight excluding hydrogens is 404 g/mol. The van der Waals surface area contributed by atoms with Crippen molar-refractivity contribution in [2.45, 2.75) is 66.3 Å². The highest BCUT2D eigenvalue weighted by atomic mass is 16.2. The first-order chi connectivity index (χ1) is 14.9. The zero-order valence-electron chi connectivity index (χ0n) is 18.4. The number of fused-ring (bicyclic) bond motifs is 1. The van der Waals surface area contributed by atoms with Crippen molar-refractivity contribution in [1.29, 1.82) is 0 Å². The van der Waals surface area contributed by atoms with E-state index < -0.39 is 17.7 Å². The van der Waals surface area contributed by atoms with Crippen LogP contribution in [0.4, 0.5) is 17.1 Å². The normalized spacial score (nSPS) is 12.7. The highest BCUT2D eigenvalue weighted by Gasteiger charge is 2.24. The minimum absolute atomic E-state index is 0. The minimum atomic E-state index is -1.23. The van der Waals surface area contributed by atoms with E-state index in [1.165, 1.54) is 32.6 Å². The Kier molecular flexibility index (Phi) is 11.6. The van der Waals surface area contributed by atoms with Gasteiger partial charge in [0, 0.05) is 11.4 Å². The number of rotatable bonds is 8. The molecule has 3 rings (SSSR count). The topological polar surface area (TPSA) is 100.0 Å². The van der Waals surface area contributed by atoms with Gasteiger partial charge in [-0.15, -0.1) is 0 Å². The summed E-state index contributed by atoms with van der Waals surface area (Å²) >= 11 is 0. The van der Waals surface area contributed by atoms with Gasteiger partial charge in [0.1, 0.15) is 0 Å². The number of ketones is 1. The summed E-state index contributed by atoms with van der Waals surface area (Å²) in [6.07, 6.45) is 5.80. The quantitative estimate of drug-likeness (QED) is 0.296. The molecule has 1 unspecified atom stereocenters. The van der Waals surface area contributed by atoms with E-state index in [9.17, 15) is 14.4 Å². The van der Waals surface area contributed by atoms with Crippen molar-refractivity contribution in [2.75, 3.05) is 10.6 Å². The summed E-state index contributed by atoms with van der Waals surface area (Å²) in [5, 5.41) is 13.2. The molecule has 0 aromatic heterocycles. The summed E-state index contributed by atoms with van der Waals surface area (Å²) in [5.74, 6) is -1.06. The number of hydrogen-bond donors (Lipinski definition) is 2. The Balaban J connectivity index is 0.000000648. The number of Topliss-reactive ketones (excluding diaryl/α,β-unsaturated/α-hetero) is 1. The van der Waals surface area contributed by atoms with E-state index >= 15 is 0 Å². The highest BCUT2D eigenvalue weighted by Crippen LogP contribution is 2.26. The molecule has 0 aliphatic carbocycles. The molecule has 0 fully saturated rings. The average Bonchev–Trinajstić information content (AvgIpc) is 3.12. The molecule has 7 nitrogen and oxygen atoms in total. The zero-order valence-corrected chi connectivity index (χ0v) is 18.4. The molecule has 0 spiro atoms. The molecule has 1 heterocycles. The van der Waals surface area contributed by atoms with Crippen LogP contribution >= 0.6 is 0 Å². The molecular formula is C25H34N4O3. The van der Waals surface area contributed by atoms with Crippen LogP contribution in [0.3, 0.4) is 0 Å². The molecule has 2 amide bonds. The minimum Gasteiger partial charge on any atom is -0.326 e. The second-order valence-corrected chi connectivity index (χ2v) is 7.36. The van der Waals surface area contributed by atoms with Crippen LogP contribution in [0.25, 0.3) is 0 Å². The van der Waals surface area contributed by atoms with Gasteiger partial charge in [-0.1, -0.05) is 65.2 Å². The van der Waals surface area contributed by atoms with Gasteiger partial charge < -0.3 is 10.6 Å². The summed E-state index contributed by atoms with van der Waals surface area (Å²) in [6, 6.07) is 12.7. The van der Waals surface area contributed by atoms with Crippen molar-refractivity contribution in [3.8, 4) is 0 Å². The number of amides is 2. The van der Waals surface area contributed by atoms with Gasteiger partial charge >= 0.3 is 0 Å². The molecule has 1 aliphatic heterocycles. The lowest BCUT2D eigenvalue weighted by Crippen LogP contribution is -2.31. The van der Waals surface area contributed by atoms with Gasteiger partial charge in [-0.25, -0.2) is 0 Å². The van der Waals surface area contributed by atoms with E-state index in [1.807, 2.05) is 6.07 Å². The first kappa shape index (κ1) is 26.7. The van der Waals surface area contributed by atoms with Crippen molar-refractivity contribution in [3.05, 3.63) is 54.1 Å². The highest BCUT2D eigenvalue weighted by molar-refractivity contribution is 6.10.